The third-order valence-corrected chi connectivity index (χ3v) is 11.0. The highest BCUT2D eigenvalue weighted by Crippen LogP contribution is 2.51. The Morgan fingerprint density at radius 3 is 1.88 bits per heavy atom. The Morgan fingerprint density at radius 1 is 0.431 bits per heavy atom. The average molecular weight is 650 g/mol. The van der Waals surface area contributed by atoms with E-state index in [2.05, 4.69) is 164 Å². The van der Waals surface area contributed by atoms with Crippen molar-refractivity contribution < 1.29 is 0 Å². The lowest BCUT2D eigenvalue weighted by molar-refractivity contribution is 1.08. The molecule has 0 saturated heterocycles. The smallest absolute Gasteiger partial charge is 0.165 e. The highest BCUT2D eigenvalue weighted by atomic mass is 15.1. The molecule has 0 fully saturated rings. The molecular formula is C48H31N3. The number of aryl methyl sites for hydroxylation is 2. The first kappa shape index (κ1) is 28.3. The molecule has 10 aromatic rings. The summed E-state index contributed by atoms with van der Waals surface area (Å²) in [6, 6.07) is 55.0. The fraction of sp³-hybridized carbons (Fsp3) is 0.0417. The van der Waals surface area contributed by atoms with E-state index in [1.165, 1.54) is 76.8 Å². The van der Waals surface area contributed by atoms with Gasteiger partial charge in [-0.2, -0.15) is 0 Å². The molecule has 0 radical (unpaired) electrons. The van der Waals surface area contributed by atoms with Gasteiger partial charge in [-0.3, -0.25) is 4.57 Å². The summed E-state index contributed by atoms with van der Waals surface area (Å²) in [5.41, 5.74) is 16.0. The summed E-state index contributed by atoms with van der Waals surface area (Å²) in [6.07, 6.45) is 0. The number of rotatable bonds is 3. The van der Waals surface area contributed by atoms with Crippen LogP contribution in [0.4, 0.5) is 0 Å². The van der Waals surface area contributed by atoms with Crippen molar-refractivity contribution in [1.29, 1.82) is 0 Å². The predicted octanol–water partition coefficient (Wildman–Crippen LogP) is 12.6. The van der Waals surface area contributed by atoms with E-state index in [4.69, 9.17) is 9.97 Å². The largest absolute Gasteiger partial charge is 0.291 e. The molecule has 51 heavy (non-hydrogen) atoms. The van der Waals surface area contributed by atoms with Gasteiger partial charge in [-0.25, -0.2) is 9.97 Å². The van der Waals surface area contributed by atoms with Crippen LogP contribution in [0.25, 0.3) is 105 Å². The Labute approximate surface area is 295 Å². The molecule has 0 aliphatic heterocycles. The number of benzene rings is 8. The van der Waals surface area contributed by atoms with Gasteiger partial charge in [0.1, 0.15) is 5.69 Å². The maximum atomic E-state index is 5.52. The van der Waals surface area contributed by atoms with E-state index < -0.39 is 0 Å². The van der Waals surface area contributed by atoms with E-state index in [1.54, 1.807) is 0 Å². The van der Waals surface area contributed by atoms with Crippen molar-refractivity contribution in [2.45, 2.75) is 13.8 Å². The van der Waals surface area contributed by atoms with Gasteiger partial charge in [0.05, 0.1) is 22.1 Å². The molecule has 0 amide bonds. The van der Waals surface area contributed by atoms with Crippen LogP contribution in [0.2, 0.25) is 0 Å². The fourth-order valence-corrected chi connectivity index (χ4v) is 8.55. The van der Waals surface area contributed by atoms with Crippen molar-refractivity contribution in [3.63, 3.8) is 0 Å². The SMILES string of the molecule is Cc1ccccc1-c1cc(-c2nc3ccccc3nc2-n2c3cc4ccccc4cc3c3cc4c5c(cccc5c32)-c2ccccc2-4)ccc1C. The number of hydrogen-bond donors (Lipinski definition) is 0. The van der Waals surface area contributed by atoms with Gasteiger partial charge in [0.15, 0.2) is 5.82 Å². The minimum absolute atomic E-state index is 0.833. The van der Waals surface area contributed by atoms with Gasteiger partial charge in [0.25, 0.3) is 0 Å². The van der Waals surface area contributed by atoms with E-state index in [1.807, 2.05) is 6.07 Å². The second-order valence-electron chi connectivity index (χ2n) is 13.9. The number of hydrogen-bond acceptors (Lipinski definition) is 2. The van der Waals surface area contributed by atoms with Crippen LogP contribution in [0.15, 0.2) is 152 Å². The molecule has 8 aromatic carbocycles. The number of aromatic nitrogens is 3. The summed E-state index contributed by atoms with van der Waals surface area (Å²) >= 11 is 0. The molecule has 0 spiro atoms. The Kier molecular flexibility index (Phi) is 5.80. The van der Waals surface area contributed by atoms with E-state index in [-0.39, 0.29) is 0 Å². The molecule has 3 nitrogen and oxygen atoms in total. The minimum atomic E-state index is 0.833. The third-order valence-electron chi connectivity index (χ3n) is 11.0. The number of para-hydroxylation sites is 2. The van der Waals surface area contributed by atoms with Crippen molar-refractivity contribution in [3.8, 4) is 50.5 Å². The monoisotopic (exact) mass is 649 g/mol. The molecule has 0 bridgehead atoms. The van der Waals surface area contributed by atoms with E-state index >= 15 is 0 Å². The quantitative estimate of drug-likeness (QED) is 0.191. The molecule has 3 heteroatoms. The zero-order chi connectivity index (χ0) is 33.8. The molecular weight excluding hydrogens is 619 g/mol. The molecule has 2 aromatic heterocycles. The van der Waals surface area contributed by atoms with Gasteiger partial charge >= 0.3 is 0 Å². The lowest BCUT2D eigenvalue weighted by Gasteiger charge is -2.17. The van der Waals surface area contributed by atoms with Crippen LogP contribution in [-0.2, 0) is 0 Å². The number of fused-ring (bicyclic) bond motifs is 9. The van der Waals surface area contributed by atoms with Gasteiger partial charge in [-0.1, -0.05) is 115 Å². The summed E-state index contributed by atoms with van der Waals surface area (Å²) in [5, 5.41) is 7.37. The standard InChI is InChI=1S/C48H31N3/c1-28-12-3-6-15-33(28)38-25-32(23-22-29(38)2)46-48(50-43-21-10-9-20-42(43)49-46)51-44-26-31-14-5-4-13-30(31)24-39(44)41-27-40-35-17-8-7-16-34(35)36-18-11-19-37(45(36)40)47(41)51/h3-27H,1-2H3. The van der Waals surface area contributed by atoms with E-state index in [0.717, 1.165) is 39.1 Å². The van der Waals surface area contributed by atoms with Crippen LogP contribution in [0.5, 0.6) is 0 Å². The summed E-state index contributed by atoms with van der Waals surface area (Å²) in [6.45, 7) is 4.38. The minimum Gasteiger partial charge on any atom is -0.291 e. The average Bonchev–Trinajstić information content (AvgIpc) is 3.67. The molecule has 0 saturated carbocycles. The maximum absolute atomic E-state index is 5.52. The topological polar surface area (TPSA) is 30.7 Å². The summed E-state index contributed by atoms with van der Waals surface area (Å²) in [7, 11) is 0. The van der Waals surface area contributed by atoms with Crippen molar-refractivity contribution in [2.75, 3.05) is 0 Å². The molecule has 0 N–H and O–H groups in total. The maximum Gasteiger partial charge on any atom is 0.165 e. The number of nitrogens with zero attached hydrogens (tertiary/aromatic N) is 3. The Balaban J connectivity index is 1.32. The van der Waals surface area contributed by atoms with Gasteiger partial charge in [0, 0.05) is 21.7 Å². The lowest BCUT2D eigenvalue weighted by atomic mass is 9.94. The third kappa shape index (κ3) is 4.00. The molecule has 1 aliphatic rings. The molecule has 1 aliphatic carbocycles. The van der Waals surface area contributed by atoms with Crippen molar-refractivity contribution in [2.24, 2.45) is 0 Å². The first-order chi connectivity index (χ1) is 25.1. The van der Waals surface area contributed by atoms with Crippen LogP contribution in [0.1, 0.15) is 11.1 Å². The first-order valence-corrected chi connectivity index (χ1v) is 17.6. The highest BCUT2D eigenvalue weighted by Gasteiger charge is 2.27. The normalized spacial score (nSPS) is 12.1. The van der Waals surface area contributed by atoms with Crippen molar-refractivity contribution in [1.82, 2.24) is 14.5 Å². The van der Waals surface area contributed by atoms with Crippen LogP contribution in [0, 0.1) is 13.8 Å². The molecule has 2 heterocycles. The summed E-state index contributed by atoms with van der Waals surface area (Å²) in [5.74, 6) is 0.833. The predicted molar refractivity (Wildman–Crippen MR) is 214 cm³/mol. The van der Waals surface area contributed by atoms with Crippen LogP contribution >= 0.6 is 0 Å². The summed E-state index contributed by atoms with van der Waals surface area (Å²) in [4.78, 5) is 11.0. The Morgan fingerprint density at radius 2 is 1.08 bits per heavy atom. The van der Waals surface area contributed by atoms with Gasteiger partial charge in [0.2, 0.25) is 0 Å². The zero-order valence-electron chi connectivity index (χ0n) is 28.3. The van der Waals surface area contributed by atoms with Crippen LogP contribution in [-0.4, -0.2) is 14.5 Å². The molecule has 0 unspecified atom stereocenters. The molecule has 11 rings (SSSR count). The highest BCUT2D eigenvalue weighted by molar-refractivity contribution is 6.28. The first-order valence-electron chi connectivity index (χ1n) is 17.6. The van der Waals surface area contributed by atoms with E-state index in [9.17, 15) is 0 Å². The van der Waals surface area contributed by atoms with Crippen molar-refractivity contribution in [3.05, 3.63) is 163 Å². The Bertz CT molecular complexity index is 3110. The van der Waals surface area contributed by atoms with Crippen LogP contribution in [0.3, 0.4) is 0 Å². The van der Waals surface area contributed by atoms with Crippen LogP contribution < -0.4 is 0 Å². The second kappa shape index (κ2) is 10.5. The molecule has 0 atom stereocenters. The zero-order valence-corrected chi connectivity index (χ0v) is 28.3. The fourth-order valence-electron chi connectivity index (χ4n) is 8.55. The van der Waals surface area contributed by atoms with Crippen molar-refractivity contribution >= 4 is 54.4 Å². The van der Waals surface area contributed by atoms with Gasteiger partial charge in [-0.05, 0) is 111 Å². The molecule has 238 valence electrons. The second-order valence-corrected chi connectivity index (χ2v) is 13.9. The van der Waals surface area contributed by atoms with Gasteiger partial charge in [-0.15, -0.1) is 0 Å². The Hall–Kier alpha value is -6.58. The lowest BCUT2D eigenvalue weighted by Crippen LogP contribution is -2.04. The van der Waals surface area contributed by atoms with Gasteiger partial charge < -0.3 is 0 Å². The summed E-state index contributed by atoms with van der Waals surface area (Å²) < 4.78 is 2.41. The van der Waals surface area contributed by atoms with E-state index in [0.29, 0.717) is 0 Å².